The lowest BCUT2D eigenvalue weighted by Crippen LogP contribution is -2.51. The first-order valence-corrected chi connectivity index (χ1v) is 12.5. The predicted octanol–water partition coefficient (Wildman–Crippen LogP) is 4.00. The maximum atomic E-state index is 13.2. The van der Waals surface area contributed by atoms with Crippen LogP contribution in [0.25, 0.3) is 0 Å². The van der Waals surface area contributed by atoms with E-state index in [2.05, 4.69) is 15.4 Å². The summed E-state index contributed by atoms with van der Waals surface area (Å²) in [6, 6.07) is 17.0. The number of piperazine rings is 1. The van der Waals surface area contributed by atoms with E-state index in [1.54, 1.807) is 11.8 Å². The molecular formula is C25H27ClN4O3S. The average molecular weight is 499 g/mol. The quantitative estimate of drug-likeness (QED) is 0.473. The summed E-state index contributed by atoms with van der Waals surface area (Å²) in [7, 11) is 0. The predicted molar refractivity (Wildman–Crippen MR) is 133 cm³/mol. The lowest BCUT2D eigenvalue weighted by atomic mass is 10.2. The molecule has 9 heteroatoms. The molecule has 1 aliphatic rings. The number of thioether (sulfide) groups is 1. The molecule has 1 aromatic heterocycles. The molecule has 2 heterocycles. The molecule has 0 spiro atoms. The Kier molecular flexibility index (Phi) is 8.26. The second-order valence-corrected chi connectivity index (χ2v) is 9.64. The fraction of sp³-hybridized carbons (Fsp3) is 0.320. The topological polar surface area (TPSA) is 78.7 Å². The molecule has 7 nitrogen and oxygen atoms in total. The van der Waals surface area contributed by atoms with E-state index in [1.807, 2.05) is 66.4 Å². The highest BCUT2D eigenvalue weighted by molar-refractivity contribution is 7.98. The van der Waals surface area contributed by atoms with Gasteiger partial charge in [-0.2, -0.15) is 0 Å². The lowest BCUT2D eigenvalue weighted by Gasteiger charge is -2.34. The van der Waals surface area contributed by atoms with Crippen molar-refractivity contribution in [3.05, 3.63) is 82.2 Å². The van der Waals surface area contributed by atoms with Gasteiger partial charge in [0.05, 0.1) is 17.8 Å². The molecule has 1 aliphatic heterocycles. The third-order valence-corrected chi connectivity index (χ3v) is 6.96. The van der Waals surface area contributed by atoms with Crippen molar-refractivity contribution in [2.45, 2.75) is 24.1 Å². The summed E-state index contributed by atoms with van der Waals surface area (Å²) in [5, 5.41) is 7.64. The second kappa shape index (κ2) is 11.6. The minimum Gasteiger partial charge on any atom is -0.361 e. The fourth-order valence-electron chi connectivity index (χ4n) is 3.75. The number of aromatic nitrogens is 1. The molecule has 0 radical (unpaired) electrons. The molecule has 1 N–H and O–H groups in total. The highest BCUT2D eigenvalue weighted by Crippen LogP contribution is 2.27. The Labute approximate surface area is 208 Å². The van der Waals surface area contributed by atoms with Crippen LogP contribution in [0, 0.1) is 6.92 Å². The molecule has 2 amide bonds. The molecule has 178 valence electrons. The van der Waals surface area contributed by atoms with Crippen molar-refractivity contribution in [3.63, 3.8) is 0 Å². The molecule has 2 aromatic carbocycles. The maximum Gasteiger partial charge on any atom is 0.255 e. The van der Waals surface area contributed by atoms with E-state index in [4.69, 9.17) is 16.1 Å². The molecule has 0 saturated carbocycles. The number of hydrogen-bond donors (Lipinski definition) is 1. The van der Waals surface area contributed by atoms with Crippen LogP contribution in [0.1, 0.15) is 27.4 Å². The van der Waals surface area contributed by atoms with Gasteiger partial charge in [-0.25, -0.2) is 0 Å². The summed E-state index contributed by atoms with van der Waals surface area (Å²) in [6.45, 7) is 5.15. The SMILES string of the molecule is Cc1cc(CSc2ccccc2C(=O)N2CCN(CC(=O)NCc3ccc(Cl)cc3)CC2)no1. The van der Waals surface area contributed by atoms with Crippen LogP contribution in [0.5, 0.6) is 0 Å². The Bertz CT molecular complexity index is 1130. The van der Waals surface area contributed by atoms with Crippen LogP contribution in [-0.2, 0) is 17.1 Å². The first-order valence-electron chi connectivity index (χ1n) is 11.1. The Morgan fingerprint density at radius 3 is 2.53 bits per heavy atom. The van der Waals surface area contributed by atoms with Crippen molar-refractivity contribution in [2.75, 3.05) is 32.7 Å². The van der Waals surface area contributed by atoms with Crippen molar-refractivity contribution >= 4 is 35.2 Å². The van der Waals surface area contributed by atoms with Gasteiger partial charge in [0.1, 0.15) is 5.76 Å². The van der Waals surface area contributed by atoms with Crippen molar-refractivity contribution in [1.29, 1.82) is 0 Å². The smallest absolute Gasteiger partial charge is 0.255 e. The van der Waals surface area contributed by atoms with Gasteiger partial charge in [-0.1, -0.05) is 41.0 Å². The summed E-state index contributed by atoms with van der Waals surface area (Å²) in [5.74, 6) is 1.41. The number of nitrogens with one attached hydrogen (secondary N) is 1. The van der Waals surface area contributed by atoms with Crippen LogP contribution >= 0.6 is 23.4 Å². The van der Waals surface area contributed by atoms with Gasteiger partial charge >= 0.3 is 0 Å². The van der Waals surface area contributed by atoms with Gasteiger partial charge in [0, 0.05) is 54.5 Å². The molecule has 3 aromatic rings. The van der Waals surface area contributed by atoms with E-state index in [9.17, 15) is 9.59 Å². The van der Waals surface area contributed by atoms with Crippen LogP contribution in [-0.4, -0.2) is 59.5 Å². The third-order valence-electron chi connectivity index (χ3n) is 5.60. The molecule has 0 atom stereocenters. The second-order valence-electron chi connectivity index (χ2n) is 8.19. The number of hydrogen-bond acceptors (Lipinski definition) is 6. The minimum absolute atomic E-state index is 0.0197. The molecule has 34 heavy (non-hydrogen) atoms. The number of carbonyl (C=O) groups is 2. The molecule has 4 rings (SSSR count). The Morgan fingerprint density at radius 1 is 1.09 bits per heavy atom. The molecule has 1 saturated heterocycles. The molecule has 0 aliphatic carbocycles. The van der Waals surface area contributed by atoms with Gasteiger partial charge in [0.25, 0.3) is 5.91 Å². The third kappa shape index (κ3) is 6.62. The van der Waals surface area contributed by atoms with Crippen LogP contribution in [0.2, 0.25) is 5.02 Å². The zero-order valence-corrected chi connectivity index (χ0v) is 20.6. The van der Waals surface area contributed by atoms with E-state index in [1.165, 1.54) is 0 Å². The normalized spacial score (nSPS) is 14.2. The van der Waals surface area contributed by atoms with E-state index in [0.717, 1.165) is 21.9 Å². The van der Waals surface area contributed by atoms with Crippen molar-refractivity contribution in [3.8, 4) is 0 Å². The number of carbonyl (C=O) groups excluding carboxylic acids is 2. The number of benzene rings is 2. The number of amides is 2. The lowest BCUT2D eigenvalue weighted by molar-refractivity contribution is -0.122. The van der Waals surface area contributed by atoms with E-state index < -0.39 is 0 Å². The maximum absolute atomic E-state index is 13.2. The van der Waals surface area contributed by atoms with Crippen molar-refractivity contribution in [2.24, 2.45) is 0 Å². The Balaban J connectivity index is 1.25. The highest BCUT2D eigenvalue weighted by Gasteiger charge is 2.24. The van der Waals surface area contributed by atoms with Crippen LogP contribution in [0.4, 0.5) is 0 Å². The first kappa shape index (κ1) is 24.3. The number of halogens is 1. The van der Waals surface area contributed by atoms with Gasteiger partial charge in [0.2, 0.25) is 5.91 Å². The van der Waals surface area contributed by atoms with E-state index in [0.29, 0.717) is 55.6 Å². The van der Waals surface area contributed by atoms with Crippen molar-refractivity contribution < 1.29 is 14.1 Å². The standard InChI is InChI=1S/C25H27ClN4O3S/c1-18-14-21(28-33-18)17-34-23-5-3-2-4-22(23)25(32)30-12-10-29(11-13-30)16-24(31)27-15-19-6-8-20(26)9-7-19/h2-9,14H,10-13,15-17H2,1H3,(H,27,31). The molecular weight excluding hydrogens is 472 g/mol. The molecule has 0 unspecified atom stereocenters. The van der Waals surface area contributed by atoms with Gasteiger partial charge < -0.3 is 14.7 Å². The number of rotatable bonds is 8. The Morgan fingerprint density at radius 2 is 1.82 bits per heavy atom. The minimum atomic E-state index is -0.0282. The zero-order valence-electron chi connectivity index (χ0n) is 19.0. The fourth-order valence-corrected chi connectivity index (χ4v) is 4.80. The molecule has 0 bridgehead atoms. The van der Waals surface area contributed by atoms with Gasteiger partial charge in [-0.15, -0.1) is 11.8 Å². The van der Waals surface area contributed by atoms with Crippen LogP contribution in [0.3, 0.4) is 0 Å². The molecule has 1 fully saturated rings. The summed E-state index contributed by atoms with van der Waals surface area (Å²) in [5.41, 5.74) is 2.55. The summed E-state index contributed by atoms with van der Waals surface area (Å²) in [4.78, 5) is 30.4. The monoisotopic (exact) mass is 498 g/mol. The average Bonchev–Trinajstić information content (AvgIpc) is 3.27. The van der Waals surface area contributed by atoms with Gasteiger partial charge in [-0.3, -0.25) is 14.5 Å². The van der Waals surface area contributed by atoms with Gasteiger partial charge in [-0.05, 0) is 36.8 Å². The summed E-state index contributed by atoms with van der Waals surface area (Å²) >= 11 is 7.48. The summed E-state index contributed by atoms with van der Waals surface area (Å²) < 4.78 is 5.13. The van der Waals surface area contributed by atoms with Crippen LogP contribution < -0.4 is 5.32 Å². The van der Waals surface area contributed by atoms with Crippen molar-refractivity contribution in [1.82, 2.24) is 20.3 Å². The van der Waals surface area contributed by atoms with Crippen LogP contribution in [0.15, 0.2) is 64.0 Å². The first-order chi connectivity index (χ1) is 16.5. The number of aryl methyl sites for hydroxylation is 1. The number of nitrogens with zero attached hydrogens (tertiary/aromatic N) is 3. The van der Waals surface area contributed by atoms with E-state index in [-0.39, 0.29) is 11.8 Å². The highest BCUT2D eigenvalue weighted by atomic mass is 35.5. The Hall–Kier alpha value is -2.81. The largest absolute Gasteiger partial charge is 0.361 e. The summed E-state index contributed by atoms with van der Waals surface area (Å²) in [6.07, 6.45) is 0. The zero-order chi connectivity index (χ0) is 23.9. The van der Waals surface area contributed by atoms with E-state index >= 15 is 0 Å². The van der Waals surface area contributed by atoms with Gasteiger partial charge in [0.15, 0.2) is 0 Å².